The highest BCUT2D eigenvalue weighted by Gasteiger charge is 2.14. The molecule has 0 saturated heterocycles. The van der Waals surface area contributed by atoms with Gasteiger partial charge in [0.2, 0.25) is 0 Å². The van der Waals surface area contributed by atoms with E-state index in [1.165, 1.54) is 6.07 Å². The lowest BCUT2D eigenvalue weighted by atomic mass is 10.1. The minimum atomic E-state index is -0.336. The first-order valence-electron chi connectivity index (χ1n) is 5.57. The van der Waals surface area contributed by atoms with Gasteiger partial charge in [0.05, 0.1) is 5.56 Å². The predicted molar refractivity (Wildman–Crippen MR) is 65.1 cm³/mol. The predicted octanol–water partition coefficient (Wildman–Crippen LogP) is 0.875. The molecule has 0 unspecified atom stereocenters. The molecule has 5 N–H and O–H groups in total. The van der Waals surface area contributed by atoms with Gasteiger partial charge in [-0.2, -0.15) is 0 Å². The largest absolute Gasteiger partial charge is 0.508 e. The Morgan fingerprint density at radius 2 is 2.06 bits per heavy atom. The molecule has 1 amide bonds. The summed E-state index contributed by atoms with van der Waals surface area (Å²) in [6.07, 6.45) is 1.65. The molecule has 0 heterocycles. The third-order valence-electron chi connectivity index (χ3n) is 2.44. The van der Waals surface area contributed by atoms with Crippen molar-refractivity contribution in [3.8, 4) is 11.5 Å². The molecule has 0 aromatic heterocycles. The summed E-state index contributed by atoms with van der Waals surface area (Å²) in [4.78, 5) is 11.8. The standard InChI is InChI=1S/C12H18N2O3/c1-8-6-9(15)7-10(16)11(8)12(17)14-5-3-2-4-13/h6-7,15-16H,2-5,13H2,1H3,(H,14,17). The number of carbonyl (C=O) groups excluding carboxylic acids is 1. The van der Waals surface area contributed by atoms with E-state index in [0.29, 0.717) is 18.7 Å². The Kier molecular flexibility index (Phi) is 4.78. The van der Waals surface area contributed by atoms with Gasteiger partial charge in [-0.3, -0.25) is 4.79 Å². The molecule has 17 heavy (non-hydrogen) atoms. The Morgan fingerprint density at radius 1 is 1.35 bits per heavy atom. The van der Waals surface area contributed by atoms with E-state index < -0.39 is 0 Å². The van der Waals surface area contributed by atoms with Gasteiger partial charge in [-0.1, -0.05) is 0 Å². The number of aryl methyl sites for hydroxylation is 1. The van der Waals surface area contributed by atoms with Gasteiger partial charge in [-0.15, -0.1) is 0 Å². The zero-order valence-electron chi connectivity index (χ0n) is 9.86. The van der Waals surface area contributed by atoms with Crippen molar-refractivity contribution in [3.63, 3.8) is 0 Å². The van der Waals surface area contributed by atoms with Gasteiger partial charge in [-0.05, 0) is 37.9 Å². The lowest BCUT2D eigenvalue weighted by Crippen LogP contribution is -2.25. The van der Waals surface area contributed by atoms with Crippen molar-refractivity contribution in [3.05, 3.63) is 23.3 Å². The summed E-state index contributed by atoms with van der Waals surface area (Å²) < 4.78 is 0. The van der Waals surface area contributed by atoms with Gasteiger partial charge in [0.1, 0.15) is 11.5 Å². The van der Waals surface area contributed by atoms with Gasteiger partial charge in [-0.25, -0.2) is 0 Å². The van der Waals surface area contributed by atoms with Crippen LogP contribution in [0.1, 0.15) is 28.8 Å². The Morgan fingerprint density at radius 3 is 2.65 bits per heavy atom. The SMILES string of the molecule is Cc1cc(O)cc(O)c1C(=O)NCCCCN. The average Bonchev–Trinajstić information content (AvgIpc) is 2.23. The van der Waals surface area contributed by atoms with Crippen LogP contribution in [0.3, 0.4) is 0 Å². The monoisotopic (exact) mass is 238 g/mol. The number of unbranched alkanes of at least 4 members (excludes halogenated alkanes) is 1. The average molecular weight is 238 g/mol. The summed E-state index contributed by atoms with van der Waals surface area (Å²) in [5, 5.41) is 21.5. The van der Waals surface area contributed by atoms with E-state index >= 15 is 0 Å². The first-order valence-corrected chi connectivity index (χ1v) is 5.57. The van der Waals surface area contributed by atoms with Crippen molar-refractivity contribution < 1.29 is 15.0 Å². The number of nitrogens with one attached hydrogen (secondary N) is 1. The van der Waals surface area contributed by atoms with E-state index in [0.717, 1.165) is 18.9 Å². The van der Waals surface area contributed by atoms with Crippen LogP contribution in [-0.4, -0.2) is 29.2 Å². The van der Waals surface area contributed by atoms with Crippen LogP contribution in [0.15, 0.2) is 12.1 Å². The molecule has 1 rings (SSSR count). The number of phenols is 2. The van der Waals surface area contributed by atoms with Crippen molar-refractivity contribution >= 4 is 5.91 Å². The number of hydrogen-bond donors (Lipinski definition) is 4. The zero-order chi connectivity index (χ0) is 12.8. The fraction of sp³-hybridized carbons (Fsp3) is 0.417. The van der Waals surface area contributed by atoms with E-state index in [9.17, 15) is 15.0 Å². The second kappa shape index (κ2) is 6.10. The number of benzene rings is 1. The molecule has 5 heteroatoms. The highest BCUT2D eigenvalue weighted by Crippen LogP contribution is 2.26. The molecule has 1 aromatic rings. The number of aromatic hydroxyl groups is 2. The zero-order valence-corrected chi connectivity index (χ0v) is 9.86. The molecule has 0 aliphatic heterocycles. The molecular formula is C12H18N2O3. The van der Waals surface area contributed by atoms with Crippen LogP contribution in [0.25, 0.3) is 0 Å². The number of carbonyl (C=O) groups is 1. The van der Waals surface area contributed by atoms with E-state index in [4.69, 9.17) is 5.73 Å². The number of nitrogens with two attached hydrogens (primary N) is 1. The summed E-state index contributed by atoms with van der Waals surface area (Å²) in [7, 11) is 0. The highest BCUT2D eigenvalue weighted by atomic mass is 16.3. The van der Waals surface area contributed by atoms with Crippen molar-refractivity contribution in [1.29, 1.82) is 0 Å². The summed E-state index contributed by atoms with van der Waals surface area (Å²) in [6.45, 7) is 2.78. The maximum Gasteiger partial charge on any atom is 0.255 e. The minimum absolute atomic E-state index is 0.0559. The quantitative estimate of drug-likeness (QED) is 0.572. The van der Waals surface area contributed by atoms with Crippen molar-refractivity contribution in [1.82, 2.24) is 5.32 Å². The van der Waals surface area contributed by atoms with Crippen LogP contribution in [-0.2, 0) is 0 Å². The van der Waals surface area contributed by atoms with Crippen LogP contribution >= 0.6 is 0 Å². The molecule has 0 saturated carbocycles. The second-order valence-corrected chi connectivity index (χ2v) is 3.91. The molecule has 0 spiro atoms. The molecule has 5 nitrogen and oxygen atoms in total. The maximum absolute atomic E-state index is 11.8. The molecule has 0 bridgehead atoms. The third-order valence-corrected chi connectivity index (χ3v) is 2.44. The first kappa shape index (κ1) is 13.3. The van der Waals surface area contributed by atoms with Crippen LogP contribution < -0.4 is 11.1 Å². The number of phenolic OH excluding ortho intramolecular Hbond substituents is 2. The van der Waals surface area contributed by atoms with Crippen molar-refractivity contribution in [2.24, 2.45) is 5.73 Å². The van der Waals surface area contributed by atoms with Gasteiger partial charge >= 0.3 is 0 Å². The topological polar surface area (TPSA) is 95.6 Å². The minimum Gasteiger partial charge on any atom is -0.508 e. The lowest BCUT2D eigenvalue weighted by Gasteiger charge is -2.09. The van der Waals surface area contributed by atoms with Gasteiger partial charge in [0, 0.05) is 12.6 Å². The molecule has 0 aliphatic carbocycles. The lowest BCUT2D eigenvalue weighted by molar-refractivity contribution is 0.0949. The van der Waals surface area contributed by atoms with E-state index in [1.54, 1.807) is 6.92 Å². The van der Waals surface area contributed by atoms with Crippen molar-refractivity contribution in [2.45, 2.75) is 19.8 Å². The number of amides is 1. The molecule has 0 radical (unpaired) electrons. The Bertz CT molecular complexity index is 382. The van der Waals surface area contributed by atoms with Crippen LogP contribution in [0.4, 0.5) is 0 Å². The van der Waals surface area contributed by atoms with E-state index in [1.807, 2.05) is 0 Å². The van der Waals surface area contributed by atoms with Crippen LogP contribution in [0.2, 0.25) is 0 Å². The molecule has 1 aromatic carbocycles. The molecular weight excluding hydrogens is 220 g/mol. The fourth-order valence-corrected chi connectivity index (χ4v) is 1.60. The Balaban J connectivity index is 2.69. The molecule has 94 valence electrons. The van der Waals surface area contributed by atoms with E-state index in [2.05, 4.69) is 5.32 Å². The molecule has 0 fully saturated rings. The Labute approximate surface area is 100 Å². The van der Waals surface area contributed by atoms with Crippen LogP contribution in [0.5, 0.6) is 11.5 Å². The third kappa shape index (κ3) is 3.64. The number of hydrogen-bond acceptors (Lipinski definition) is 4. The second-order valence-electron chi connectivity index (χ2n) is 3.91. The molecule has 0 aliphatic rings. The van der Waals surface area contributed by atoms with Gasteiger partial charge in [0.25, 0.3) is 5.91 Å². The van der Waals surface area contributed by atoms with Crippen molar-refractivity contribution in [2.75, 3.05) is 13.1 Å². The first-order chi connectivity index (χ1) is 8.06. The highest BCUT2D eigenvalue weighted by molar-refractivity contribution is 5.98. The summed E-state index contributed by atoms with van der Waals surface area (Å²) in [5.41, 5.74) is 6.09. The fourth-order valence-electron chi connectivity index (χ4n) is 1.60. The van der Waals surface area contributed by atoms with Gasteiger partial charge in [0.15, 0.2) is 0 Å². The smallest absolute Gasteiger partial charge is 0.255 e. The molecule has 0 atom stereocenters. The Hall–Kier alpha value is -1.75. The summed E-state index contributed by atoms with van der Waals surface area (Å²) in [6, 6.07) is 2.59. The van der Waals surface area contributed by atoms with E-state index in [-0.39, 0.29) is 23.0 Å². The summed E-state index contributed by atoms with van der Waals surface area (Å²) in [5.74, 6) is -0.601. The maximum atomic E-state index is 11.8. The number of rotatable bonds is 5. The normalized spacial score (nSPS) is 10.2. The summed E-state index contributed by atoms with van der Waals surface area (Å²) >= 11 is 0. The van der Waals surface area contributed by atoms with Gasteiger partial charge < -0.3 is 21.3 Å². The van der Waals surface area contributed by atoms with Crippen LogP contribution in [0, 0.1) is 6.92 Å².